The summed E-state index contributed by atoms with van der Waals surface area (Å²) in [5, 5.41) is 3.46. The largest absolute Gasteiger partial charge is 0.316 e. The molecule has 4 nitrogen and oxygen atoms in total. The average Bonchev–Trinajstić information content (AvgIpc) is 2.72. The molecule has 0 atom stereocenters. The lowest BCUT2D eigenvalue weighted by molar-refractivity contribution is 0.179. The quantitative estimate of drug-likeness (QED) is 0.722. The molecule has 0 aliphatic heterocycles. The fourth-order valence-corrected chi connectivity index (χ4v) is 3.52. The van der Waals surface area contributed by atoms with Gasteiger partial charge < -0.3 is 10.2 Å². The summed E-state index contributed by atoms with van der Waals surface area (Å²) >= 11 is 0. The van der Waals surface area contributed by atoms with Gasteiger partial charge in [0.1, 0.15) is 9.84 Å². The molecule has 0 aromatic heterocycles. The van der Waals surface area contributed by atoms with Gasteiger partial charge in [0.05, 0.1) is 5.75 Å². The Morgan fingerprint density at radius 3 is 2.39 bits per heavy atom. The number of nitrogens with one attached hydrogen (secondary N) is 1. The van der Waals surface area contributed by atoms with Crippen molar-refractivity contribution < 1.29 is 8.42 Å². The summed E-state index contributed by atoms with van der Waals surface area (Å²) in [6.07, 6.45) is 6.47. The lowest BCUT2D eigenvalue weighted by Crippen LogP contribution is -2.42. The molecule has 0 amide bonds. The molecule has 18 heavy (non-hydrogen) atoms. The molecular weight excluding hydrogens is 248 g/mol. The van der Waals surface area contributed by atoms with Crippen molar-refractivity contribution in [1.29, 1.82) is 0 Å². The molecule has 5 heteroatoms. The van der Waals surface area contributed by atoms with Crippen molar-refractivity contribution in [2.24, 2.45) is 5.41 Å². The van der Waals surface area contributed by atoms with E-state index in [0.717, 1.165) is 19.6 Å². The molecule has 1 N–H and O–H groups in total. The highest BCUT2D eigenvalue weighted by Crippen LogP contribution is 2.38. The number of hydrogen-bond acceptors (Lipinski definition) is 4. The van der Waals surface area contributed by atoms with E-state index in [4.69, 9.17) is 0 Å². The van der Waals surface area contributed by atoms with Gasteiger partial charge in [0.2, 0.25) is 0 Å². The third kappa shape index (κ3) is 5.67. The fourth-order valence-electron chi connectivity index (χ4n) is 2.88. The zero-order valence-electron chi connectivity index (χ0n) is 12.0. The Hall–Kier alpha value is -0.130. The molecule has 1 fully saturated rings. The van der Waals surface area contributed by atoms with E-state index in [9.17, 15) is 8.42 Å². The first-order valence-corrected chi connectivity index (χ1v) is 9.00. The number of nitrogens with zero attached hydrogens (tertiary/aromatic N) is 1. The lowest BCUT2D eigenvalue weighted by atomic mass is 9.85. The molecule has 1 saturated carbocycles. The van der Waals surface area contributed by atoms with Crippen LogP contribution in [-0.2, 0) is 9.84 Å². The van der Waals surface area contributed by atoms with Crippen LogP contribution in [0.5, 0.6) is 0 Å². The van der Waals surface area contributed by atoms with Crippen molar-refractivity contribution in [3.05, 3.63) is 0 Å². The summed E-state index contributed by atoms with van der Waals surface area (Å²) < 4.78 is 22.4. The van der Waals surface area contributed by atoms with Gasteiger partial charge in [-0.05, 0) is 31.8 Å². The summed E-state index contributed by atoms with van der Waals surface area (Å²) in [7, 11) is -0.808. The van der Waals surface area contributed by atoms with Gasteiger partial charge >= 0.3 is 0 Å². The normalized spacial score (nSPS) is 19.6. The molecule has 0 heterocycles. The first-order chi connectivity index (χ1) is 8.37. The Morgan fingerprint density at radius 2 is 1.89 bits per heavy atom. The van der Waals surface area contributed by atoms with Crippen molar-refractivity contribution in [2.45, 2.75) is 32.6 Å². The van der Waals surface area contributed by atoms with Crippen LogP contribution in [0.2, 0.25) is 0 Å². The van der Waals surface area contributed by atoms with E-state index in [0.29, 0.717) is 12.0 Å². The smallest absolute Gasteiger partial charge is 0.148 e. The van der Waals surface area contributed by atoms with E-state index in [1.165, 1.54) is 31.9 Å². The van der Waals surface area contributed by atoms with Crippen molar-refractivity contribution in [3.8, 4) is 0 Å². The van der Waals surface area contributed by atoms with E-state index < -0.39 is 9.84 Å². The zero-order valence-corrected chi connectivity index (χ0v) is 12.9. The Labute approximate surface area is 112 Å². The van der Waals surface area contributed by atoms with Crippen LogP contribution in [0.1, 0.15) is 32.6 Å². The Bertz CT molecular complexity index is 335. The third-order valence-electron chi connectivity index (χ3n) is 3.86. The maximum Gasteiger partial charge on any atom is 0.148 e. The van der Waals surface area contributed by atoms with Crippen LogP contribution in [-0.4, -0.2) is 58.6 Å². The van der Waals surface area contributed by atoms with Crippen molar-refractivity contribution in [1.82, 2.24) is 10.2 Å². The van der Waals surface area contributed by atoms with Crippen LogP contribution in [0, 0.1) is 5.41 Å². The Balaban J connectivity index is 2.45. The van der Waals surface area contributed by atoms with Crippen LogP contribution in [0.4, 0.5) is 0 Å². The minimum Gasteiger partial charge on any atom is -0.316 e. The Morgan fingerprint density at radius 1 is 1.28 bits per heavy atom. The van der Waals surface area contributed by atoms with Gasteiger partial charge in [0.15, 0.2) is 0 Å². The molecule has 1 aliphatic carbocycles. The first kappa shape index (κ1) is 15.9. The van der Waals surface area contributed by atoms with Gasteiger partial charge in [-0.2, -0.15) is 0 Å². The van der Waals surface area contributed by atoms with Gasteiger partial charge in [-0.15, -0.1) is 0 Å². The molecule has 0 aromatic rings. The number of hydrogen-bond donors (Lipinski definition) is 1. The second-order valence-corrected chi connectivity index (χ2v) is 8.11. The molecule has 0 spiro atoms. The molecule has 0 unspecified atom stereocenters. The maximum absolute atomic E-state index is 11.2. The second kappa shape index (κ2) is 6.87. The van der Waals surface area contributed by atoms with Crippen molar-refractivity contribution in [2.75, 3.05) is 45.2 Å². The maximum atomic E-state index is 11.2. The van der Waals surface area contributed by atoms with Crippen LogP contribution >= 0.6 is 0 Å². The summed E-state index contributed by atoms with van der Waals surface area (Å²) in [5.41, 5.74) is 0.363. The molecule has 1 rings (SSSR count). The lowest BCUT2D eigenvalue weighted by Gasteiger charge is -2.33. The van der Waals surface area contributed by atoms with Gasteiger partial charge in [-0.3, -0.25) is 0 Å². The summed E-state index contributed by atoms with van der Waals surface area (Å²) in [6, 6.07) is 0. The summed E-state index contributed by atoms with van der Waals surface area (Å²) in [5.74, 6) is 0.265. The molecular formula is C13H28N2O2S. The predicted octanol–water partition coefficient (Wildman–Crippen LogP) is 1.13. The molecule has 0 saturated heterocycles. The SMILES string of the molecule is CCNCC1(CN(C)CCS(C)(=O)=O)CCCC1. The van der Waals surface area contributed by atoms with E-state index in [1.54, 1.807) is 0 Å². The molecule has 0 radical (unpaired) electrons. The van der Waals surface area contributed by atoms with E-state index in [-0.39, 0.29) is 5.75 Å². The molecule has 0 bridgehead atoms. The number of rotatable bonds is 8. The van der Waals surface area contributed by atoms with E-state index in [1.807, 2.05) is 7.05 Å². The number of sulfone groups is 1. The van der Waals surface area contributed by atoms with E-state index >= 15 is 0 Å². The molecule has 108 valence electrons. The van der Waals surface area contributed by atoms with Crippen molar-refractivity contribution >= 4 is 9.84 Å². The second-order valence-electron chi connectivity index (χ2n) is 5.86. The van der Waals surface area contributed by atoms with Gasteiger partial charge in [-0.25, -0.2) is 8.42 Å². The Kier molecular flexibility index (Phi) is 6.08. The molecule has 1 aliphatic rings. The van der Waals surface area contributed by atoms with Gasteiger partial charge in [0, 0.05) is 25.9 Å². The third-order valence-corrected chi connectivity index (χ3v) is 4.79. The van der Waals surface area contributed by atoms with Gasteiger partial charge in [0.25, 0.3) is 0 Å². The predicted molar refractivity (Wildman–Crippen MR) is 76.7 cm³/mol. The minimum atomic E-state index is -2.85. The van der Waals surface area contributed by atoms with Crippen LogP contribution in [0.3, 0.4) is 0 Å². The minimum absolute atomic E-state index is 0.265. The highest BCUT2D eigenvalue weighted by atomic mass is 32.2. The van der Waals surface area contributed by atoms with Crippen LogP contribution in [0.15, 0.2) is 0 Å². The highest BCUT2D eigenvalue weighted by Gasteiger charge is 2.34. The van der Waals surface area contributed by atoms with Crippen LogP contribution < -0.4 is 5.32 Å². The fraction of sp³-hybridized carbons (Fsp3) is 1.00. The summed E-state index contributed by atoms with van der Waals surface area (Å²) in [6.45, 7) is 5.86. The topological polar surface area (TPSA) is 49.4 Å². The molecule has 0 aromatic carbocycles. The van der Waals surface area contributed by atoms with Crippen LogP contribution in [0.25, 0.3) is 0 Å². The zero-order chi connectivity index (χ0) is 13.6. The summed E-state index contributed by atoms with van der Waals surface area (Å²) in [4.78, 5) is 2.18. The standard InChI is InChI=1S/C13H28N2O2S/c1-4-14-11-13(7-5-6-8-13)12-15(2)9-10-18(3,16)17/h14H,4-12H2,1-3H3. The van der Waals surface area contributed by atoms with E-state index in [2.05, 4.69) is 17.1 Å². The monoisotopic (exact) mass is 276 g/mol. The van der Waals surface area contributed by atoms with Crippen molar-refractivity contribution in [3.63, 3.8) is 0 Å². The highest BCUT2D eigenvalue weighted by molar-refractivity contribution is 7.90. The first-order valence-electron chi connectivity index (χ1n) is 6.94. The average molecular weight is 276 g/mol. The van der Waals surface area contributed by atoms with Gasteiger partial charge in [-0.1, -0.05) is 19.8 Å².